The molecule has 0 atom stereocenters. The number of aromatic nitrogens is 8. The van der Waals surface area contributed by atoms with Gasteiger partial charge in [-0.05, 0) is 20.9 Å². The van der Waals surface area contributed by atoms with Crippen LogP contribution in [0.3, 0.4) is 0 Å². The minimum Gasteiger partial charge on any atom is -0.365 e. The highest BCUT2D eigenvalue weighted by molar-refractivity contribution is 5.74. The summed E-state index contributed by atoms with van der Waals surface area (Å²) in [5.74, 6) is 0.566. The molecule has 2 heterocycles. The van der Waals surface area contributed by atoms with Crippen molar-refractivity contribution in [3.63, 3.8) is 0 Å². The molecule has 0 aliphatic rings. The van der Waals surface area contributed by atoms with Crippen molar-refractivity contribution < 1.29 is 0 Å². The van der Waals surface area contributed by atoms with Crippen molar-refractivity contribution in [2.75, 3.05) is 5.73 Å². The van der Waals surface area contributed by atoms with E-state index in [1.54, 1.807) is 7.05 Å². The molecule has 0 aromatic carbocycles. The number of nitrogens with two attached hydrogens (primary N) is 1. The molecule has 0 radical (unpaired) electrons. The number of tetrazole rings is 2. The van der Waals surface area contributed by atoms with E-state index in [0.29, 0.717) is 5.82 Å². The Morgan fingerprint density at radius 3 is 2.64 bits per heavy atom. The third-order valence-electron chi connectivity index (χ3n) is 1.41. The fourth-order valence-electron chi connectivity index (χ4n) is 0.724. The van der Waals surface area contributed by atoms with Crippen LogP contribution in [0.5, 0.6) is 0 Å². The van der Waals surface area contributed by atoms with Gasteiger partial charge in [-0.3, -0.25) is 0 Å². The highest BCUT2D eigenvalue weighted by atomic mass is 15.7. The van der Waals surface area contributed by atoms with E-state index in [2.05, 4.69) is 36.2 Å². The first kappa shape index (κ1) is 8.22. The van der Waals surface area contributed by atoms with Crippen molar-refractivity contribution in [3.05, 3.63) is 5.82 Å². The van der Waals surface area contributed by atoms with Crippen LogP contribution < -0.4 is 5.73 Å². The number of nitrogens with zero attached hydrogens (tertiary/aromatic N) is 9. The van der Waals surface area contributed by atoms with Crippen molar-refractivity contribution in [3.8, 4) is 0 Å². The average molecular weight is 194 g/mol. The second-order valence-electron chi connectivity index (χ2n) is 2.33. The fraction of sp³-hybridized carbons (Fsp3) is 0.250. The van der Waals surface area contributed by atoms with E-state index in [1.807, 2.05) is 0 Å². The van der Waals surface area contributed by atoms with E-state index in [1.165, 1.54) is 10.9 Å². The molecule has 0 aliphatic carbocycles. The smallest absolute Gasteiger partial charge is 0.263 e. The minimum absolute atomic E-state index is 0.0939. The Kier molecular flexibility index (Phi) is 1.86. The maximum atomic E-state index is 5.37. The average Bonchev–Trinajstić information content (AvgIpc) is 2.72. The normalized spacial score (nSPS) is 11.2. The Morgan fingerprint density at radius 1 is 1.29 bits per heavy atom. The Morgan fingerprint density at radius 2 is 2.07 bits per heavy atom. The summed E-state index contributed by atoms with van der Waals surface area (Å²) in [6.07, 6.45) is 1.40. The number of hydrogen-bond donors (Lipinski definition) is 1. The van der Waals surface area contributed by atoms with Gasteiger partial charge in [0.15, 0.2) is 5.82 Å². The largest absolute Gasteiger partial charge is 0.365 e. The van der Waals surface area contributed by atoms with Crippen molar-refractivity contribution in [1.29, 1.82) is 0 Å². The molecule has 0 spiro atoms. The first-order valence-corrected chi connectivity index (χ1v) is 3.58. The molecule has 72 valence electrons. The van der Waals surface area contributed by atoms with Crippen LogP contribution in [0, 0.1) is 0 Å². The van der Waals surface area contributed by atoms with Gasteiger partial charge in [0.2, 0.25) is 0 Å². The number of rotatable bonds is 2. The topological polar surface area (TPSA) is 126 Å². The highest BCUT2D eigenvalue weighted by Gasteiger charge is 1.99. The van der Waals surface area contributed by atoms with Crippen molar-refractivity contribution in [1.82, 2.24) is 40.5 Å². The van der Waals surface area contributed by atoms with E-state index in [-0.39, 0.29) is 5.95 Å². The first-order valence-electron chi connectivity index (χ1n) is 3.58. The summed E-state index contributed by atoms with van der Waals surface area (Å²) in [4.78, 5) is 1.06. The summed E-state index contributed by atoms with van der Waals surface area (Å²) < 4.78 is 1.45. The SMILES string of the molecule is Cn1nnnc1/C=N/n1nnnc1N. The Hall–Kier alpha value is -2.39. The molecule has 14 heavy (non-hydrogen) atoms. The number of hydrogen-bond acceptors (Lipinski definition) is 8. The first-order chi connectivity index (χ1) is 6.77. The predicted octanol–water partition coefficient (Wildman–Crippen LogP) is -2.34. The van der Waals surface area contributed by atoms with Gasteiger partial charge in [-0.25, -0.2) is 4.68 Å². The van der Waals surface area contributed by atoms with Gasteiger partial charge in [0.1, 0.15) is 0 Å². The predicted molar refractivity (Wildman–Crippen MR) is 44.0 cm³/mol. The van der Waals surface area contributed by atoms with Gasteiger partial charge in [0.25, 0.3) is 5.95 Å². The van der Waals surface area contributed by atoms with Gasteiger partial charge in [-0.15, -0.1) is 10.2 Å². The zero-order chi connectivity index (χ0) is 9.97. The maximum Gasteiger partial charge on any atom is 0.263 e. The molecule has 0 bridgehead atoms. The van der Waals surface area contributed by atoms with Crippen LogP contribution in [-0.2, 0) is 7.05 Å². The standard InChI is InChI=1S/C4H6N10/c1-13-3(7-9-11-13)2-6-14-4(5)8-10-12-14/h2H,1H3,(H2,5,8,12)/b6-2+. The van der Waals surface area contributed by atoms with Crippen LogP contribution in [0.25, 0.3) is 0 Å². The van der Waals surface area contributed by atoms with Gasteiger partial charge in [0, 0.05) is 7.05 Å². The van der Waals surface area contributed by atoms with Crippen LogP contribution in [0.4, 0.5) is 5.95 Å². The molecule has 2 rings (SSSR count). The molecular formula is C4H6N10. The quantitative estimate of drug-likeness (QED) is 0.531. The van der Waals surface area contributed by atoms with Crippen molar-refractivity contribution in [2.45, 2.75) is 0 Å². The molecule has 2 N–H and O–H groups in total. The Labute approximate surface area is 77.4 Å². The van der Waals surface area contributed by atoms with Crippen LogP contribution in [-0.4, -0.2) is 46.7 Å². The monoisotopic (exact) mass is 194 g/mol. The summed E-state index contributed by atoms with van der Waals surface area (Å²) in [6, 6.07) is 0. The third-order valence-corrected chi connectivity index (χ3v) is 1.41. The lowest BCUT2D eigenvalue weighted by molar-refractivity contribution is 0.691. The molecule has 0 aliphatic heterocycles. The molecule has 0 fully saturated rings. The molecule has 10 nitrogen and oxygen atoms in total. The van der Waals surface area contributed by atoms with Gasteiger partial charge < -0.3 is 5.73 Å². The number of nitrogen functional groups attached to an aromatic ring is 1. The fourth-order valence-corrected chi connectivity index (χ4v) is 0.724. The van der Waals surface area contributed by atoms with Crippen LogP contribution >= 0.6 is 0 Å². The number of anilines is 1. The second kappa shape index (κ2) is 3.16. The lowest BCUT2D eigenvalue weighted by atomic mass is 10.7. The van der Waals surface area contributed by atoms with E-state index < -0.39 is 0 Å². The summed E-state index contributed by atoms with van der Waals surface area (Å²) in [7, 11) is 1.68. The van der Waals surface area contributed by atoms with E-state index in [0.717, 1.165) is 4.79 Å². The highest BCUT2D eigenvalue weighted by Crippen LogP contribution is 1.90. The molecule has 0 amide bonds. The Balaban J connectivity index is 2.23. The maximum absolute atomic E-state index is 5.37. The zero-order valence-corrected chi connectivity index (χ0v) is 7.18. The summed E-state index contributed by atoms with van der Waals surface area (Å²) in [5, 5.41) is 24.8. The lowest BCUT2D eigenvalue weighted by Gasteiger charge is -1.90. The molecule has 2 aromatic heterocycles. The molecule has 2 aromatic rings. The zero-order valence-electron chi connectivity index (χ0n) is 7.18. The van der Waals surface area contributed by atoms with E-state index >= 15 is 0 Å². The van der Waals surface area contributed by atoms with Gasteiger partial charge in [-0.1, -0.05) is 9.89 Å². The minimum atomic E-state index is 0.0939. The second-order valence-corrected chi connectivity index (χ2v) is 2.33. The van der Waals surface area contributed by atoms with E-state index in [9.17, 15) is 0 Å². The summed E-state index contributed by atoms with van der Waals surface area (Å²) >= 11 is 0. The van der Waals surface area contributed by atoms with Crippen molar-refractivity contribution in [2.24, 2.45) is 12.1 Å². The van der Waals surface area contributed by atoms with Crippen LogP contribution in [0.2, 0.25) is 0 Å². The van der Waals surface area contributed by atoms with Gasteiger partial charge >= 0.3 is 0 Å². The number of aryl methyl sites for hydroxylation is 1. The molecule has 0 saturated heterocycles. The molecule has 0 unspecified atom stereocenters. The van der Waals surface area contributed by atoms with Crippen LogP contribution in [0.15, 0.2) is 5.10 Å². The Bertz CT molecular complexity index is 408. The van der Waals surface area contributed by atoms with Gasteiger partial charge in [0.05, 0.1) is 6.21 Å². The third kappa shape index (κ3) is 1.39. The summed E-state index contributed by atoms with van der Waals surface area (Å²) in [6.45, 7) is 0. The van der Waals surface area contributed by atoms with E-state index in [4.69, 9.17) is 5.73 Å². The summed E-state index contributed by atoms with van der Waals surface area (Å²) in [5.41, 5.74) is 5.37. The molecule has 10 heteroatoms. The molecule has 0 saturated carbocycles. The van der Waals surface area contributed by atoms with Crippen LogP contribution in [0.1, 0.15) is 5.82 Å². The van der Waals surface area contributed by atoms with Gasteiger partial charge in [-0.2, -0.15) is 0 Å². The lowest BCUT2D eigenvalue weighted by Crippen LogP contribution is -2.03. The van der Waals surface area contributed by atoms with Crippen molar-refractivity contribution >= 4 is 12.2 Å². The molecular weight excluding hydrogens is 188 g/mol.